The van der Waals surface area contributed by atoms with E-state index in [9.17, 15) is 0 Å². The van der Waals surface area contributed by atoms with Gasteiger partial charge in [0.15, 0.2) is 0 Å². The molecule has 0 saturated heterocycles. The molecule has 1 aliphatic carbocycles. The summed E-state index contributed by atoms with van der Waals surface area (Å²) in [6.45, 7) is 0. The highest BCUT2D eigenvalue weighted by molar-refractivity contribution is 6.12. The number of para-hydroxylation sites is 2. The zero-order chi connectivity index (χ0) is 30.2. The molecule has 0 amide bonds. The number of pyridine rings is 3. The van der Waals surface area contributed by atoms with E-state index in [1.807, 2.05) is 36.7 Å². The normalized spacial score (nSPS) is 13.4. The van der Waals surface area contributed by atoms with E-state index >= 15 is 0 Å². The van der Waals surface area contributed by atoms with E-state index in [0.717, 1.165) is 49.7 Å². The number of hydrogen-bond donors (Lipinski definition) is 0. The van der Waals surface area contributed by atoms with Gasteiger partial charge in [0, 0.05) is 28.7 Å². The Balaban J connectivity index is 1.36. The molecule has 0 atom stereocenters. The van der Waals surface area contributed by atoms with Crippen LogP contribution in [0.3, 0.4) is 0 Å². The van der Waals surface area contributed by atoms with Crippen LogP contribution in [0.1, 0.15) is 22.3 Å². The minimum Gasteiger partial charge on any atom is -0.292 e. The van der Waals surface area contributed by atoms with E-state index in [2.05, 4.69) is 126 Å². The summed E-state index contributed by atoms with van der Waals surface area (Å²) in [5, 5.41) is 2.15. The predicted molar refractivity (Wildman–Crippen MR) is 186 cm³/mol. The maximum Gasteiger partial charge on any atom is 0.147 e. The summed E-state index contributed by atoms with van der Waals surface area (Å²) in [4.78, 5) is 14.8. The maximum atomic E-state index is 5.07. The molecule has 1 aliphatic rings. The van der Waals surface area contributed by atoms with Crippen molar-refractivity contribution in [1.82, 2.24) is 19.4 Å². The van der Waals surface area contributed by atoms with Crippen molar-refractivity contribution in [2.24, 2.45) is 0 Å². The highest BCUT2D eigenvalue weighted by atomic mass is 15.0. The number of benzene rings is 5. The van der Waals surface area contributed by atoms with E-state index in [-0.39, 0.29) is 0 Å². The lowest BCUT2D eigenvalue weighted by atomic mass is 9.67. The number of aromatic nitrogens is 4. The van der Waals surface area contributed by atoms with Gasteiger partial charge in [0.25, 0.3) is 0 Å². The number of rotatable bonds is 3. The van der Waals surface area contributed by atoms with Crippen molar-refractivity contribution < 1.29 is 0 Å². The molecule has 4 nitrogen and oxygen atoms in total. The third-order valence-corrected chi connectivity index (χ3v) is 9.74. The van der Waals surface area contributed by atoms with E-state index in [4.69, 9.17) is 15.0 Å². The highest BCUT2D eigenvalue weighted by Crippen LogP contribution is 2.56. The molecule has 0 bridgehead atoms. The molecule has 0 aliphatic heterocycles. The summed E-state index contributed by atoms with van der Waals surface area (Å²) in [6, 6.07) is 52.3. The predicted octanol–water partition coefficient (Wildman–Crippen LogP) is 9.61. The topological polar surface area (TPSA) is 43.1 Å². The molecule has 46 heavy (non-hydrogen) atoms. The standard InChI is InChI=1S/C42H26N4/c1-3-16-34-30(13-1)31-14-2-4-17-35(31)42(34,28-12-9-11-27(25-28)36-18-7-8-23-43-36)29-21-22-38-33(26-29)40-32(15-10-24-44-40)41-45-37-19-5-6-20-39(37)46(38)41/h1-26H. The monoisotopic (exact) mass is 586 g/mol. The second-order valence-electron chi connectivity index (χ2n) is 12.0. The average molecular weight is 587 g/mol. The van der Waals surface area contributed by atoms with Gasteiger partial charge in [0.2, 0.25) is 0 Å². The van der Waals surface area contributed by atoms with Crippen LogP contribution < -0.4 is 0 Å². The molecule has 5 aromatic carbocycles. The van der Waals surface area contributed by atoms with Crippen LogP contribution in [0.2, 0.25) is 0 Å². The van der Waals surface area contributed by atoms with E-state index in [1.165, 1.54) is 33.4 Å². The SMILES string of the molecule is c1ccc(-c2cccc(C3(c4ccc5c(c4)c4ncccc4c4nc6ccccc6n54)c4ccccc4-c4ccccc43)c2)nc1. The van der Waals surface area contributed by atoms with Crippen LogP contribution >= 0.6 is 0 Å². The van der Waals surface area contributed by atoms with Crippen LogP contribution in [-0.4, -0.2) is 19.4 Å². The quantitative estimate of drug-likeness (QED) is 0.194. The molecule has 0 saturated carbocycles. The first-order chi connectivity index (χ1) is 22.8. The first-order valence-corrected chi connectivity index (χ1v) is 15.6. The molecule has 4 heteroatoms. The van der Waals surface area contributed by atoms with Crippen LogP contribution in [0.15, 0.2) is 158 Å². The zero-order valence-electron chi connectivity index (χ0n) is 24.8. The molecule has 0 spiro atoms. The van der Waals surface area contributed by atoms with E-state index in [1.54, 1.807) is 0 Å². The van der Waals surface area contributed by atoms with Crippen molar-refractivity contribution in [3.63, 3.8) is 0 Å². The number of imidazole rings is 1. The fraction of sp³-hybridized carbons (Fsp3) is 0.0238. The average Bonchev–Trinajstić information content (AvgIpc) is 3.67. The van der Waals surface area contributed by atoms with Crippen LogP contribution in [0.5, 0.6) is 0 Å². The molecule has 0 radical (unpaired) electrons. The Kier molecular flexibility index (Phi) is 5.17. The summed E-state index contributed by atoms with van der Waals surface area (Å²) in [7, 11) is 0. The number of fused-ring (bicyclic) bond motifs is 11. The molecule has 4 aromatic heterocycles. The van der Waals surface area contributed by atoms with Crippen molar-refractivity contribution in [1.29, 1.82) is 0 Å². The molecular formula is C42H26N4. The van der Waals surface area contributed by atoms with Crippen LogP contribution in [-0.2, 0) is 5.41 Å². The van der Waals surface area contributed by atoms with Gasteiger partial charge in [0.1, 0.15) is 5.65 Å². The van der Waals surface area contributed by atoms with Gasteiger partial charge >= 0.3 is 0 Å². The smallest absolute Gasteiger partial charge is 0.147 e. The highest BCUT2D eigenvalue weighted by Gasteiger charge is 2.46. The van der Waals surface area contributed by atoms with Gasteiger partial charge in [-0.05, 0) is 88.0 Å². The Bertz CT molecular complexity index is 2610. The third-order valence-electron chi connectivity index (χ3n) is 9.74. The summed E-state index contributed by atoms with van der Waals surface area (Å²) >= 11 is 0. The Morgan fingerprint density at radius 1 is 0.500 bits per heavy atom. The van der Waals surface area contributed by atoms with Gasteiger partial charge < -0.3 is 0 Å². The zero-order valence-corrected chi connectivity index (χ0v) is 24.8. The fourth-order valence-corrected chi connectivity index (χ4v) is 7.87. The van der Waals surface area contributed by atoms with Gasteiger partial charge in [-0.3, -0.25) is 14.4 Å². The fourth-order valence-electron chi connectivity index (χ4n) is 7.87. The Morgan fingerprint density at radius 3 is 2.07 bits per heavy atom. The van der Waals surface area contributed by atoms with Gasteiger partial charge in [-0.2, -0.15) is 0 Å². The second kappa shape index (κ2) is 9.43. The van der Waals surface area contributed by atoms with Crippen LogP contribution in [0.25, 0.3) is 60.9 Å². The van der Waals surface area contributed by atoms with Gasteiger partial charge in [0.05, 0.1) is 33.2 Å². The minimum absolute atomic E-state index is 0.556. The Morgan fingerprint density at radius 2 is 1.24 bits per heavy atom. The summed E-state index contributed by atoms with van der Waals surface area (Å²) in [5.74, 6) is 0. The second-order valence-corrected chi connectivity index (χ2v) is 12.0. The van der Waals surface area contributed by atoms with Crippen LogP contribution in [0.4, 0.5) is 0 Å². The summed E-state index contributed by atoms with van der Waals surface area (Å²) in [6.07, 6.45) is 3.75. The number of hydrogen-bond acceptors (Lipinski definition) is 3. The summed E-state index contributed by atoms with van der Waals surface area (Å²) < 4.78 is 2.30. The molecule has 4 heterocycles. The Labute approximate surface area is 265 Å². The third kappa shape index (κ3) is 3.30. The number of nitrogens with zero attached hydrogens (tertiary/aromatic N) is 4. The Hall–Kier alpha value is -6.13. The van der Waals surface area contributed by atoms with Crippen molar-refractivity contribution in [3.05, 3.63) is 180 Å². The van der Waals surface area contributed by atoms with E-state index in [0.29, 0.717) is 0 Å². The van der Waals surface area contributed by atoms with Crippen molar-refractivity contribution in [3.8, 4) is 22.4 Å². The molecule has 0 unspecified atom stereocenters. The molecule has 0 fully saturated rings. The van der Waals surface area contributed by atoms with Crippen molar-refractivity contribution >= 4 is 38.5 Å². The lowest BCUT2D eigenvalue weighted by Gasteiger charge is -2.34. The molecular weight excluding hydrogens is 560 g/mol. The first kappa shape index (κ1) is 25.2. The van der Waals surface area contributed by atoms with Gasteiger partial charge in [-0.25, -0.2) is 4.98 Å². The first-order valence-electron chi connectivity index (χ1n) is 15.6. The maximum absolute atomic E-state index is 5.07. The largest absolute Gasteiger partial charge is 0.292 e. The molecule has 9 aromatic rings. The molecule has 10 rings (SSSR count). The molecule has 214 valence electrons. The summed E-state index contributed by atoms with van der Waals surface area (Å²) in [5.41, 5.74) is 14.0. The van der Waals surface area contributed by atoms with E-state index < -0.39 is 5.41 Å². The lowest BCUT2D eigenvalue weighted by Crippen LogP contribution is -2.28. The van der Waals surface area contributed by atoms with Crippen molar-refractivity contribution in [2.75, 3.05) is 0 Å². The lowest BCUT2D eigenvalue weighted by molar-refractivity contribution is 0.770. The van der Waals surface area contributed by atoms with Gasteiger partial charge in [-0.1, -0.05) is 91.0 Å². The molecule has 0 N–H and O–H groups in total. The van der Waals surface area contributed by atoms with Gasteiger partial charge in [-0.15, -0.1) is 0 Å². The van der Waals surface area contributed by atoms with Crippen molar-refractivity contribution in [2.45, 2.75) is 5.41 Å². The minimum atomic E-state index is -0.556. The van der Waals surface area contributed by atoms with Crippen LogP contribution in [0, 0.1) is 0 Å².